The van der Waals surface area contributed by atoms with Crippen molar-refractivity contribution in [3.05, 3.63) is 0 Å². The molecule has 1 N–H and O–H groups in total. The second-order valence-electron chi connectivity index (χ2n) is 0.843. The largest absolute Gasteiger partial charge is 0.673 e. The van der Waals surface area contributed by atoms with Gasteiger partial charge in [0.05, 0.1) is 0 Å². The monoisotopic (exact) mass is 190 g/mol. The molecule has 3 nitrogen and oxygen atoms in total. The average molecular weight is 190 g/mol. The van der Waals surface area contributed by atoms with E-state index in [0.29, 0.717) is 0 Å². The Labute approximate surface area is 66.1 Å². The zero-order valence-electron chi connectivity index (χ0n) is 4.89. The molecule has 0 aromatic rings. The summed E-state index contributed by atoms with van der Waals surface area (Å²) in [6, 6.07) is 0. The summed E-state index contributed by atoms with van der Waals surface area (Å²) in [6.07, 6.45) is 2.81. The first-order chi connectivity index (χ1) is 4.41. The third-order valence-electron chi connectivity index (χ3n) is 0.112. The Morgan fingerprint density at radius 2 is 1.18 bits per heavy atom. The number of nitriles is 2. The lowest BCUT2D eigenvalue weighted by Gasteiger charge is -1.94. The minimum atomic E-state index is -6.00. The van der Waals surface area contributed by atoms with Gasteiger partial charge in [-0.2, -0.15) is 10.5 Å². The quantitative estimate of drug-likeness (QED) is 0.271. The summed E-state index contributed by atoms with van der Waals surface area (Å²) in [5.74, 6) is 0. The predicted octanol–water partition coefficient (Wildman–Crippen LogP) is 1.26. The molecule has 9 heteroatoms. The first-order valence-electron chi connectivity index (χ1n) is 1.82. The summed E-state index contributed by atoms with van der Waals surface area (Å²) >= 11 is 0. The molecule has 0 saturated heterocycles. The number of hydrogen-bond donors (Lipinski definition) is 1. The first-order valence-corrected chi connectivity index (χ1v) is 1.82. The highest BCUT2D eigenvalue weighted by Gasteiger charge is 2.20. The Morgan fingerprint density at radius 3 is 1.18 bits per heavy atom. The van der Waals surface area contributed by atoms with Gasteiger partial charge in [-0.15, -0.1) is 12.4 Å². The Morgan fingerprint density at radius 1 is 1.00 bits per heavy atom. The van der Waals surface area contributed by atoms with E-state index in [-0.39, 0.29) is 12.4 Å². The number of hydrogen-bond acceptors (Lipinski definition) is 3. The molecule has 0 fully saturated rings. The highest BCUT2D eigenvalue weighted by molar-refractivity contribution is 6.50. The summed E-state index contributed by atoms with van der Waals surface area (Å²) in [5, 5.41) is 16.7. The van der Waals surface area contributed by atoms with Gasteiger partial charge in [-0.3, -0.25) is 0 Å². The van der Waals surface area contributed by atoms with Crippen LogP contribution in [0.3, 0.4) is 0 Å². The maximum absolute atomic E-state index is 9.75. The van der Waals surface area contributed by atoms with E-state index in [9.17, 15) is 17.3 Å². The molecule has 0 aliphatic heterocycles. The van der Waals surface area contributed by atoms with Gasteiger partial charge in [0.15, 0.2) is 12.4 Å². The molecular weight excluding hydrogens is 188 g/mol. The lowest BCUT2D eigenvalue weighted by atomic mass is 10.3. The van der Waals surface area contributed by atoms with E-state index in [0.717, 1.165) is 0 Å². The molecule has 0 amide bonds. The second-order valence-corrected chi connectivity index (χ2v) is 0.843. The van der Waals surface area contributed by atoms with Gasteiger partial charge in [-0.25, -0.2) is 5.32 Å². The van der Waals surface area contributed by atoms with Gasteiger partial charge in [-0.05, 0) is 0 Å². The van der Waals surface area contributed by atoms with Gasteiger partial charge >= 0.3 is 7.25 Å². The minimum Gasteiger partial charge on any atom is -0.418 e. The van der Waals surface area contributed by atoms with Gasteiger partial charge in [0.1, 0.15) is 0 Å². The lowest BCUT2D eigenvalue weighted by Crippen LogP contribution is -2.02. The Kier molecular flexibility index (Phi) is 13.2. The molecule has 0 saturated carbocycles. The topological polar surface area (TPSA) is 59.6 Å². The molecule has 0 aliphatic rings. The molecule has 64 valence electrons. The molecule has 0 bridgehead atoms. The third kappa shape index (κ3) is 569. The van der Waals surface area contributed by atoms with Crippen LogP contribution in [0.5, 0.6) is 0 Å². The molecule has 0 radical (unpaired) electrons. The molecule has 0 unspecified atom stereocenters. The number of rotatable bonds is 0. The van der Waals surface area contributed by atoms with Crippen LogP contribution in [0, 0.1) is 22.9 Å². The van der Waals surface area contributed by atoms with Crippen molar-refractivity contribution in [2.45, 2.75) is 0 Å². The van der Waals surface area contributed by atoms with E-state index < -0.39 is 7.25 Å². The predicted molar refractivity (Wildman–Crippen MR) is 31.8 cm³/mol. The highest BCUT2D eigenvalue weighted by atomic mass is 35.5. The third-order valence-corrected chi connectivity index (χ3v) is 0.112. The fraction of sp³-hybridized carbons (Fsp3) is 0. The van der Waals surface area contributed by atoms with Crippen molar-refractivity contribution in [3.8, 4) is 12.4 Å². The second kappa shape index (κ2) is 8.85. The van der Waals surface area contributed by atoms with Crippen molar-refractivity contribution in [2.75, 3.05) is 0 Å². The lowest BCUT2D eigenvalue weighted by molar-refractivity contribution is 0.368. The van der Waals surface area contributed by atoms with Crippen LogP contribution in [0.4, 0.5) is 17.3 Å². The van der Waals surface area contributed by atoms with E-state index in [1.54, 1.807) is 5.32 Å². The van der Waals surface area contributed by atoms with Gasteiger partial charge in [-0.1, -0.05) is 0 Å². The smallest absolute Gasteiger partial charge is 0.418 e. The molecule has 0 aromatic heterocycles. The summed E-state index contributed by atoms with van der Waals surface area (Å²) in [4.78, 5) is 0. The molecule has 0 aliphatic carbocycles. The highest BCUT2D eigenvalue weighted by Crippen LogP contribution is 2.06. The van der Waals surface area contributed by atoms with Crippen molar-refractivity contribution in [1.82, 2.24) is 5.32 Å². The van der Waals surface area contributed by atoms with Crippen molar-refractivity contribution in [3.63, 3.8) is 0 Å². The van der Waals surface area contributed by atoms with Crippen molar-refractivity contribution >= 4 is 19.7 Å². The standard InChI is InChI=1S/C2HN3.BF4.ClH/c3-1-5-2-4;2-1(3,4)5;/h5H;;1H/q;-1;. The van der Waals surface area contributed by atoms with E-state index in [1.807, 2.05) is 0 Å². The Balaban J connectivity index is -0.000000107. The molecule has 0 spiro atoms. The van der Waals surface area contributed by atoms with Crippen LogP contribution < -0.4 is 5.32 Å². The minimum absolute atomic E-state index is 0. The molecule has 11 heavy (non-hydrogen) atoms. The maximum Gasteiger partial charge on any atom is 0.673 e. The SMILES string of the molecule is Cl.F[B-](F)(F)F.N#CNC#N. The fourth-order valence-electron chi connectivity index (χ4n) is 0.0250. The van der Waals surface area contributed by atoms with Crippen LogP contribution in [0.2, 0.25) is 0 Å². The molecule has 0 heterocycles. The van der Waals surface area contributed by atoms with E-state index in [4.69, 9.17) is 10.5 Å². The Hall–Kier alpha value is -1.15. The van der Waals surface area contributed by atoms with Gasteiger partial charge < -0.3 is 17.3 Å². The number of nitrogens with one attached hydrogen (secondary N) is 1. The number of halogens is 5. The maximum atomic E-state index is 9.75. The Bertz CT molecular complexity index is 138. The number of nitrogens with zero attached hydrogens (tertiary/aromatic N) is 2. The molecule has 0 atom stereocenters. The van der Waals surface area contributed by atoms with E-state index >= 15 is 0 Å². The molecular formula is C2H2BClF4N3-. The zero-order chi connectivity index (χ0) is 8.62. The van der Waals surface area contributed by atoms with Gasteiger partial charge in [0, 0.05) is 0 Å². The summed E-state index contributed by atoms with van der Waals surface area (Å²) in [7, 11) is -6.00. The van der Waals surface area contributed by atoms with Crippen molar-refractivity contribution in [1.29, 1.82) is 10.5 Å². The van der Waals surface area contributed by atoms with Crippen LogP contribution in [0.15, 0.2) is 0 Å². The molecule has 0 rings (SSSR count). The van der Waals surface area contributed by atoms with Crippen molar-refractivity contribution in [2.24, 2.45) is 0 Å². The van der Waals surface area contributed by atoms with Gasteiger partial charge in [0.25, 0.3) is 0 Å². The fourth-order valence-corrected chi connectivity index (χ4v) is 0.0250. The van der Waals surface area contributed by atoms with Crippen LogP contribution >= 0.6 is 12.4 Å². The van der Waals surface area contributed by atoms with E-state index in [1.165, 1.54) is 12.4 Å². The van der Waals surface area contributed by atoms with E-state index in [2.05, 4.69) is 0 Å². The summed E-state index contributed by atoms with van der Waals surface area (Å²) in [5.41, 5.74) is 0. The molecule has 0 aromatic carbocycles. The normalized spacial score (nSPS) is 7.09. The van der Waals surface area contributed by atoms with Crippen LogP contribution in [-0.2, 0) is 0 Å². The average Bonchev–Trinajstić information content (AvgIpc) is 1.63. The van der Waals surface area contributed by atoms with Crippen LogP contribution in [0.1, 0.15) is 0 Å². The summed E-state index contributed by atoms with van der Waals surface area (Å²) in [6.45, 7) is 0. The first kappa shape index (κ1) is 16.4. The summed E-state index contributed by atoms with van der Waals surface area (Å²) < 4.78 is 39.0. The van der Waals surface area contributed by atoms with Crippen LogP contribution in [-0.4, -0.2) is 7.25 Å². The van der Waals surface area contributed by atoms with Gasteiger partial charge in [0.2, 0.25) is 0 Å². The van der Waals surface area contributed by atoms with Crippen LogP contribution in [0.25, 0.3) is 0 Å². The van der Waals surface area contributed by atoms with Crippen molar-refractivity contribution < 1.29 is 17.3 Å². The zero-order valence-corrected chi connectivity index (χ0v) is 5.71.